The minimum absolute atomic E-state index is 0.0142. The number of nitrogens with zero attached hydrogens (tertiary/aromatic N) is 1. The summed E-state index contributed by atoms with van der Waals surface area (Å²) >= 11 is 3.49. The van der Waals surface area contributed by atoms with Gasteiger partial charge < -0.3 is 9.64 Å². The Balaban J connectivity index is 1.54. The molecule has 134 valence electrons. The van der Waals surface area contributed by atoms with E-state index in [1.807, 2.05) is 30.9 Å². The second kappa shape index (κ2) is 7.25. The molecule has 0 radical (unpaired) electrons. The molecule has 0 saturated carbocycles. The van der Waals surface area contributed by atoms with Gasteiger partial charge in [0.2, 0.25) is 0 Å². The van der Waals surface area contributed by atoms with Gasteiger partial charge in [0.15, 0.2) is 6.61 Å². The zero-order valence-electron chi connectivity index (χ0n) is 14.9. The maximum atomic E-state index is 13.0. The van der Waals surface area contributed by atoms with E-state index in [0.29, 0.717) is 0 Å². The number of amides is 1. The summed E-state index contributed by atoms with van der Waals surface area (Å²) in [5.41, 5.74) is 3.55. The van der Waals surface area contributed by atoms with Crippen LogP contribution in [-0.2, 0) is 11.2 Å². The summed E-state index contributed by atoms with van der Waals surface area (Å²) in [4.78, 5) is 17.6. The number of hydrogen-bond donors (Lipinski definition) is 0. The van der Waals surface area contributed by atoms with Crippen molar-refractivity contribution >= 4 is 28.6 Å². The molecular weight excluding hydrogens is 362 g/mol. The molecule has 5 heteroatoms. The quantitative estimate of drug-likeness (QED) is 0.636. The lowest BCUT2D eigenvalue weighted by Gasteiger charge is -2.35. The number of benzene rings is 1. The molecule has 4 rings (SSSR count). The number of thiophene rings is 2. The Labute approximate surface area is 161 Å². The van der Waals surface area contributed by atoms with E-state index in [4.69, 9.17) is 4.74 Å². The van der Waals surface area contributed by atoms with Crippen molar-refractivity contribution in [3.05, 3.63) is 73.6 Å². The molecule has 26 heavy (non-hydrogen) atoms. The van der Waals surface area contributed by atoms with Gasteiger partial charge in [-0.2, -0.15) is 0 Å². The maximum absolute atomic E-state index is 13.0. The molecule has 3 nitrogen and oxygen atoms in total. The van der Waals surface area contributed by atoms with Gasteiger partial charge in [0.25, 0.3) is 5.91 Å². The Morgan fingerprint density at radius 3 is 2.69 bits per heavy atom. The van der Waals surface area contributed by atoms with Crippen LogP contribution in [0.3, 0.4) is 0 Å². The summed E-state index contributed by atoms with van der Waals surface area (Å²) in [6.07, 6.45) is 0.921. The van der Waals surface area contributed by atoms with Gasteiger partial charge in [-0.3, -0.25) is 4.79 Å². The molecule has 1 atom stereocenters. The molecule has 3 aromatic rings. The van der Waals surface area contributed by atoms with E-state index in [0.717, 1.165) is 29.8 Å². The summed E-state index contributed by atoms with van der Waals surface area (Å²) in [5.74, 6) is 0.802. The monoisotopic (exact) mass is 383 g/mol. The summed E-state index contributed by atoms with van der Waals surface area (Å²) in [5, 5.41) is 4.20. The third-order valence-electron chi connectivity index (χ3n) is 4.66. The number of ether oxygens (including phenoxy) is 1. The molecule has 0 aliphatic carbocycles. The van der Waals surface area contributed by atoms with Gasteiger partial charge in [-0.15, -0.1) is 22.7 Å². The molecular formula is C21H21NO2S2. The normalized spacial score (nSPS) is 16.4. The lowest BCUT2D eigenvalue weighted by molar-refractivity contribution is -0.135. The molecule has 1 amide bonds. The molecule has 0 N–H and O–H groups in total. The SMILES string of the molecule is Cc1cc(C)cc(OCC(=O)N2CCc3sccc3[C@H]2c2cccs2)c1. The molecule has 0 unspecified atom stereocenters. The van der Waals surface area contributed by atoms with Crippen molar-refractivity contribution in [1.29, 1.82) is 0 Å². The maximum Gasteiger partial charge on any atom is 0.261 e. The smallest absolute Gasteiger partial charge is 0.261 e. The average molecular weight is 384 g/mol. The number of carbonyl (C=O) groups is 1. The van der Waals surface area contributed by atoms with E-state index in [9.17, 15) is 4.79 Å². The summed E-state index contributed by atoms with van der Waals surface area (Å²) in [6, 6.07) is 12.4. The van der Waals surface area contributed by atoms with Crippen LogP contribution in [0.25, 0.3) is 0 Å². The van der Waals surface area contributed by atoms with E-state index >= 15 is 0 Å². The molecule has 0 spiro atoms. The Morgan fingerprint density at radius 1 is 1.15 bits per heavy atom. The van der Waals surface area contributed by atoms with Crippen molar-refractivity contribution < 1.29 is 9.53 Å². The zero-order valence-corrected chi connectivity index (χ0v) is 16.5. The van der Waals surface area contributed by atoms with E-state index in [1.54, 1.807) is 22.7 Å². The molecule has 0 bridgehead atoms. The van der Waals surface area contributed by atoms with Gasteiger partial charge in [-0.25, -0.2) is 0 Å². The molecule has 3 heterocycles. The minimum Gasteiger partial charge on any atom is -0.484 e. The second-order valence-electron chi connectivity index (χ2n) is 6.67. The predicted octanol–water partition coefficient (Wildman–Crippen LogP) is 4.98. The highest BCUT2D eigenvalue weighted by molar-refractivity contribution is 7.10. The number of rotatable bonds is 4. The molecule has 0 fully saturated rings. The average Bonchev–Trinajstić information content (AvgIpc) is 3.29. The first-order valence-corrected chi connectivity index (χ1v) is 10.5. The van der Waals surface area contributed by atoms with Crippen molar-refractivity contribution in [3.8, 4) is 5.75 Å². The first-order chi connectivity index (χ1) is 12.6. The van der Waals surface area contributed by atoms with Gasteiger partial charge in [0.05, 0.1) is 6.04 Å². The van der Waals surface area contributed by atoms with Crippen LogP contribution in [0, 0.1) is 13.8 Å². The van der Waals surface area contributed by atoms with Gasteiger partial charge in [0, 0.05) is 16.3 Å². The topological polar surface area (TPSA) is 29.5 Å². The molecule has 1 aromatic carbocycles. The van der Waals surface area contributed by atoms with Crippen LogP contribution in [0.5, 0.6) is 5.75 Å². The number of hydrogen-bond acceptors (Lipinski definition) is 4. The third-order valence-corrected chi connectivity index (χ3v) is 6.58. The Kier molecular flexibility index (Phi) is 4.83. The lowest BCUT2D eigenvalue weighted by Crippen LogP contribution is -2.42. The van der Waals surface area contributed by atoms with Crippen LogP contribution in [0.15, 0.2) is 47.2 Å². The van der Waals surface area contributed by atoms with E-state index < -0.39 is 0 Å². The van der Waals surface area contributed by atoms with Crippen molar-refractivity contribution in [2.24, 2.45) is 0 Å². The van der Waals surface area contributed by atoms with Gasteiger partial charge in [0.1, 0.15) is 5.75 Å². The van der Waals surface area contributed by atoms with Crippen molar-refractivity contribution in [3.63, 3.8) is 0 Å². The van der Waals surface area contributed by atoms with E-state index in [1.165, 1.54) is 15.3 Å². The lowest BCUT2D eigenvalue weighted by atomic mass is 9.98. The van der Waals surface area contributed by atoms with Gasteiger partial charge in [-0.05, 0) is 72.0 Å². The predicted molar refractivity (Wildman–Crippen MR) is 107 cm³/mol. The molecule has 2 aromatic heterocycles. The van der Waals surface area contributed by atoms with E-state index in [-0.39, 0.29) is 18.6 Å². The number of aryl methyl sites for hydroxylation is 2. The van der Waals surface area contributed by atoms with Crippen LogP contribution < -0.4 is 4.74 Å². The Morgan fingerprint density at radius 2 is 1.96 bits per heavy atom. The standard InChI is InChI=1S/C21H21NO2S2/c1-14-10-15(2)12-16(11-14)24-13-20(23)22-7-5-18-17(6-9-26-18)21(22)19-4-3-8-25-19/h3-4,6,8-12,21H,5,7,13H2,1-2H3/t21-/m0/s1. The Hall–Kier alpha value is -2.11. The first kappa shape index (κ1) is 17.3. The van der Waals surface area contributed by atoms with Crippen molar-refractivity contribution in [1.82, 2.24) is 4.90 Å². The third kappa shape index (κ3) is 3.41. The highest BCUT2D eigenvalue weighted by Gasteiger charge is 2.33. The highest BCUT2D eigenvalue weighted by atomic mass is 32.1. The van der Waals surface area contributed by atoms with Crippen LogP contribution in [0.1, 0.15) is 32.5 Å². The fraction of sp³-hybridized carbons (Fsp3) is 0.286. The van der Waals surface area contributed by atoms with Gasteiger partial charge in [-0.1, -0.05) is 12.1 Å². The number of carbonyl (C=O) groups excluding carboxylic acids is 1. The van der Waals surface area contributed by atoms with Crippen molar-refractivity contribution in [2.45, 2.75) is 26.3 Å². The van der Waals surface area contributed by atoms with Crippen LogP contribution in [0.4, 0.5) is 0 Å². The van der Waals surface area contributed by atoms with Crippen molar-refractivity contribution in [2.75, 3.05) is 13.2 Å². The Bertz CT molecular complexity index is 894. The van der Waals surface area contributed by atoms with Crippen LogP contribution >= 0.6 is 22.7 Å². The van der Waals surface area contributed by atoms with Gasteiger partial charge >= 0.3 is 0 Å². The fourth-order valence-electron chi connectivity index (χ4n) is 3.58. The fourth-order valence-corrected chi connectivity index (χ4v) is 5.34. The summed E-state index contributed by atoms with van der Waals surface area (Å²) in [6.45, 7) is 4.89. The second-order valence-corrected chi connectivity index (χ2v) is 8.65. The van der Waals surface area contributed by atoms with Crippen LogP contribution in [0.2, 0.25) is 0 Å². The molecule has 1 aliphatic rings. The molecule has 0 saturated heterocycles. The van der Waals surface area contributed by atoms with Crippen LogP contribution in [-0.4, -0.2) is 24.0 Å². The number of fused-ring (bicyclic) bond motifs is 1. The summed E-state index contributed by atoms with van der Waals surface area (Å²) in [7, 11) is 0. The summed E-state index contributed by atoms with van der Waals surface area (Å²) < 4.78 is 5.83. The minimum atomic E-state index is 0.0142. The highest BCUT2D eigenvalue weighted by Crippen LogP contribution is 2.39. The largest absolute Gasteiger partial charge is 0.484 e. The molecule has 1 aliphatic heterocycles. The van der Waals surface area contributed by atoms with E-state index in [2.05, 4.69) is 35.0 Å². The first-order valence-electron chi connectivity index (χ1n) is 8.72. The zero-order chi connectivity index (χ0) is 18.1.